The zero-order valence-corrected chi connectivity index (χ0v) is 13.0. The van der Waals surface area contributed by atoms with Crippen molar-refractivity contribution in [1.29, 1.82) is 0 Å². The van der Waals surface area contributed by atoms with Gasteiger partial charge in [-0.1, -0.05) is 25.0 Å². The summed E-state index contributed by atoms with van der Waals surface area (Å²) in [5, 5.41) is 2.96. The monoisotopic (exact) mass is 311 g/mol. The van der Waals surface area contributed by atoms with E-state index in [4.69, 9.17) is 0 Å². The Kier molecular flexibility index (Phi) is 4.76. The highest BCUT2D eigenvalue weighted by molar-refractivity contribution is 6.05. The number of rotatable bonds is 3. The minimum atomic E-state index is -0.219. The second-order valence-electron chi connectivity index (χ2n) is 5.81. The summed E-state index contributed by atoms with van der Waals surface area (Å²) in [5.41, 5.74) is 2.10. The number of hydrogen-bond donors (Lipinski definition) is 2. The average Bonchev–Trinajstić information content (AvgIpc) is 2.85. The van der Waals surface area contributed by atoms with Crippen LogP contribution in [0.25, 0.3) is 0 Å². The second kappa shape index (κ2) is 7.13. The SMILES string of the molecule is O=C(Nc1ccccc1N1CCCCCC1)c1ccc(=O)[nH]c1. The molecule has 1 aromatic carbocycles. The quantitative estimate of drug-likeness (QED) is 0.916. The fourth-order valence-corrected chi connectivity index (χ4v) is 2.91. The van der Waals surface area contributed by atoms with Gasteiger partial charge in [0.25, 0.3) is 5.91 Å². The van der Waals surface area contributed by atoms with Gasteiger partial charge in [0.15, 0.2) is 0 Å². The van der Waals surface area contributed by atoms with Gasteiger partial charge >= 0.3 is 0 Å². The maximum absolute atomic E-state index is 12.4. The van der Waals surface area contributed by atoms with Crippen molar-refractivity contribution >= 4 is 17.3 Å². The van der Waals surface area contributed by atoms with Gasteiger partial charge in [0.2, 0.25) is 5.56 Å². The molecule has 3 rings (SSSR count). The first-order valence-electron chi connectivity index (χ1n) is 8.08. The van der Waals surface area contributed by atoms with E-state index in [0.717, 1.165) is 24.5 Å². The third kappa shape index (κ3) is 3.80. The summed E-state index contributed by atoms with van der Waals surface area (Å²) < 4.78 is 0. The number of para-hydroxylation sites is 2. The van der Waals surface area contributed by atoms with Crippen LogP contribution in [0.2, 0.25) is 0 Å². The molecule has 0 spiro atoms. The van der Waals surface area contributed by atoms with Crippen molar-refractivity contribution in [3.63, 3.8) is 0 Å². The van der Waals surface area contributed by atoms with Crippen molar-refractivity contribution in [1.82, 2.24) is 4.98 Å². The summed E-state index contributed by atoms with van der Waals surface area (Å²) in [7, 11) is 0. The fourth-order valence-electron chi connectivity index (χ4n) is 2.91. The molecule has 2 heterocycles. The molecule has 1 aliphatic heterocycles. The van der Waals surface area contributed by atoms with Crippen LogP contribution in [0.5, 0.6) is 0 Å². The van der Waals surface area contributed by atoms with E-state index in [-0.39, 0.29) is 11.5 Å². The molecule has 1 saturated heterocycles. The van der Waals surface area contributed by atoms with E-state index in [0.29, 0.717) is 5.56 Å². The summed E-state index contributed by atoms with van der Waals surface area (Å²) in [6.45, 7) is 2.04. The fraction of sp³-hybridized carbons (Fsp3) is 0.333. The van der Waals surface area contributed by atoms with E-state index in [9.17, 15) is 9.59 Å². The van der Waals surface area contributed by atoms with Crippen LogP contribution in [0.1, 0.15) is 36.0 Å². The number of amides is 1. The highest BCUT2D eigenvalue weighted by atomic mass is 16.1. The number of H-pyrrole nitrogens is 1. The molecule has 0 saturated carbocycles. The number of anilines is 2. The number of pyridine rings is 1. The van der Waals surface area contributed by atoms with Crippen molar-refractivity contribution < 1.29 is 4.79 Å². The van der Waals surface area contributed by atoms with Crippen LogP contribution < -0.4 is 15.8 Å². The van der Waals surface area contributed by atoms with Gasteiger partial charge in [0.05, 0.1) is 16.9 Å². The van der Waals surface area contributed by atoms with Crippen LogP contribution in [0.4, 0.5) is 11.4 Å². The predicted octanol–water partition coefficient (Wildman–Crippen LogP) is 3.01. The third-order valence-electron chi connectivity index (χ3n) is 4.15. The van der Waals surface area contributed by atoms with Gasteiger partial charge < -0.3 is 15.2 Å². The molecule has 2 N–H and O–H groups in total. The molecule has 0 atom stereocenters. The maximum Gasteiger partial charge on any atom is 0.257 e. The molecule has 0 aliphatic carbocycles. The Hall–Kier alpha value is -2.56. The number of nitrogens with zero attached hydrogens (tertiary/aromatic N) is 1. The van der Waals surface area contributed by atoms with Crippen molar-refractivity contribution in [3.05, 3.63) is 58.5 Å². The Morgan fingerprint density at radius 1 is 1.00 bits per heavy atom. The zero-order chi connectivity index (χ0) is 16.1. The molecular formula is C18H21N3O2. The molecule has 5 nitrogen and oxygen atoms in total. The highest BCUT2D eigenvalue weighted by Crippen LogP contribution is 2.28. The summed E-state index contributed by atoms with van der Waals surface area (Å²) >= 11 is 0. The van der Waals surface area contributed by atoms with E-state index >= 15 is 0 Å². The Bertz CT molecular complexity index is 711. The molecular weight excluding hydrogens is 290 g/mol. The van der Waals surface area contributed by atoms with Crippen molar-refractivity contribution in [2.45, 2.75) is 25.7 Å². The van der Waals surface area contributed by atoms with E-state index in [1.54, 1.807) is 0 Å². The first-order chi connectivity index (χ1) is 11.2. The number of nitrogens with one attached hydrogen (secondary N) is 2. The van der Waals surface area contributed by atoms with Gasteiger partial charge in [-0.25, -0.2) is 0 Å². The van der Waals surface area contributed by atoms with Crippen molar-refractivity contribution in [2.24, 2.45) is 0 Å². The summed E-state index contributed by atoms with van der Waals surface area (Å²) in [6, 6.07) is 10.8. The van der Waals surface area contributed by atoms with Gasteiger partial charge in [-0.15, -0.1) is 0 Å². The summed E-state index contributed by atoms with van der Waals surface area (Å²) in [5.74, 6) is -0.219. The molecule has 1 amide bonds. The highest BCUT2D eigenvalue weighted by Gasteiger charge is 2.15. The van der Waals surface area contributed by atoms with Crippen LogP contribution in [0, 0.1) is 0 Å². The van der Waals surface area contributed by atoms with Crippen LogP contribution in [-0.2, 0) is 0 Å². The molecule has 0 bridgehead atoms. The molecule has 120 valence electrons. The van der Waals surface area contributed by atoms with E-state index < -0.39 is 0 Å². The lowest BCUT2D eigenvalue weighted by molar-refractivity contribution is 0.102. The molecule has 1 aromatic heterocycles. The Morgan fingerprint density at radius 2 is 1.74 bits per heavy atom. The van der Waals surface area contributed by atoms with Crippen molar-refractivity contribution in [2.75, 3.05) is 23.3 Å². The number of hydrogen-bond acceptors (Lipinski definition) is 3. The first-order valence-corrected chi connectivity index (χ1v) is 8.08. The standard InChI is InChI=1S/C18H21N3O2/c22-17-10-9-14(13-19-17)18(23)20-15-7-3-4-8-16(15)21-11-5-1-2-6-12-21/h3-4,7-10,13H,1-2,5-6,11-12H2,(H,19,22)(H,20,23). The largest absolute Gasteiger partial charge is 0.370 e. The van der Waals surface area contributed by atoms with Gasteiger partial charge in [0, 0.05) is 25.4 Å². The number of carbonyl (C=O) groups excluding carboxylic acids is 1. The lowest BCUT2D eigenvalue weighted by atomic mass is 10.2. The van der Waals surface area contributed by atoms with Gasteiger partial charge in [-0.2, -0.15) is 0 Å². The summed E-state index contributed by atoms with van der Waals surface area (Å²) in [6.07, 6.45) is 6.33. The van der Waals surface area contributed by atoms with Crippen LogP contribution in [0.15, 0.2) is 47.4 Å². The van der Waals surface area contributed by atoms with E-state index in [1.807, 2.05) is 24.3 Å². The minimum Gasteiger partial charge on any atom is -0.370 e. The van der Waals surface area contributed by atoms with Gasteiger partial charge in [-0.3, -0.25) is 9.59 Å². The number of carbonyl (C=O) groups is 1. The van der Waals surface area contributed by atoms with E-state index in [1.165, 1.54) is 44.0 Å². The molecule has 5 heteroatoms. The van der Waals surface area contributed by atoms with E-state index in [2.05, 4.69) is 15.2 Å². The Labute approximate surface area is 135 Å². The smallest absolute Gasteiger partial charge is 0.257 e. The zero-order valence-electron chi connectivity index (χ0n) is 13.0. The van der Waals surface area contributed by atoms with Crippen LogP contribution in [-0.4, -0.2) is 24.0 Å². The van der Waals surface area contributed by atoms with Crippen LogP contribution in [0.3, 0.4) is 0 Å². The number of aromatic amines is 1. The Balaban J connectivity index is 1.81. The molecule has 1 aliphatic rings. The third-order valence-corrected chi connectivity index (χ3v) is 4.15. The molecule has 23 heavy (non-hydrogen) atoms. The normalized spacial score (nSPS) is 15.0. The number of benzene rings is 1. The summed E-state index contributed by atoms with van der Waals surface area (Å²) in [4.78, 5) is 28.3. The molecule has 0 radical (unpaired) electrons. The first kappa shape index (κ1) is 15.3. The predicted molar refractivity (Wildman–Crippen MR) is 92.1 cm³/mol. The van der Waals surface area contributed by atoms with Gasteiger partial charge in [-0.05, 0) is 31.0 Å². The molecule has 1 fully saturated rings. The molecule has 0 unspecified atom stereocenters. The topological polar surface area (TPSA) is 65.2 Å². The maximum atomic E-state index is 12.4. The molecule has 2 aromatic rings. The second-order valence-corrected chi connectivity index (χ2v) is 5.81. The Morgan fingerprint density at radius 3 is 2.43 bits per heavy atom. The average molecular weight is 311 g/mol. The van der Waals surface area contributed by atoms with Crippen molar-refractivity contribution in [3.8, 4) is 0 Å². The van der Waals surface area contributed by atoms with Crippen LogP contribution >= 0.6 is 0 Å². The van der Waals surface area contributed by atoms with Gasteiger partial charge in [0.1, 0.15) is 0 Å². The number of aromatic nitrogens is 1. The lowest BCUT2D eigenvalue weighted by Gasteiger charge is -2.25. The minimum absolute atomic E-state index is 0.216. The lowest BCUT2D eigenvalue weighted by Crippen LogP contribution is -2.25.